The van der Waals surface area contributed by atoms with Crippen molar-refractivity contribution in [3.8, 4) is 0 Å². The molecule has 4 heteroatoms. The third kappa shape index (κ3) is 5.44. The highest BCUT2D eigenvalue weighted by Gasteiger charge is 2.12. The second kappa shape index (κ2) is 10.0. The number of aromatic nitrogens is 2. The van der Waals surface area contributed by atoms with Gasteiger partial charge in [-0.25, -0.2) is 0 Å². The molecule has 0 saturated carbocycles. The molecule has 152 valence electrons. The fourth-order valence-electron chi connectivity index (χ4n) is 3.72. The van der Waals surface area contributed by atoms with Gasteiger partial charge in [0.25, 0.3) is 0 Å². The Morgan fingerprint density at radius 2 is 1.27 bits per heavy atom. The largest absolute Gasteiger partial charge is 0.392 e. The molecule has 30 heavy (non-hydrogen) atoms. The molecule has 0 aliphatic carbocycles. The van der Waals surface area contributed by atoms with Gasteiger partial charge in [-0.05, 0) is 22.3 Å². The van der Waals surface area contributed by atoms with E-state index in [-0.39, 0.29) is 6.61 Å². The molecule has 0 aliphatic heterocycles. The van der Waals surface area contributed by atoms with Gasteiger partial charge >= 0.3 is 0 Å². The predicted molar refractivity (Wildman–Crippen MR) is 120 cm³/mol. The number of aliphatic hydroxyl groups excluding tert-OH is 1. The van der Waals surface area contributed by atoms with Gasteiger partial charge in [-0.1, -0.05) is 84.9 Å². The van der Waals surface area contributed by atoms with E-state index in [4.69, 9.17) is 0 Å². The Morgan fingerprint density at radius 3 is 1.97 bits per heavy atom. The Bertz CT molecular complexity index is 1040. The van der Waals surface area contributed by atoms with Crippen LogP contribution in [0.3, 0.4) is 0 Å². The van der Waals surface area contributed by atoms with Crippen LogP contribution in [0, 0.1) is 0 Å². The van der Waals surface area contributed by atoms with E-state index in [0.717, 1.165) is 37.3 Å². The first-order valence-corrected chi connectivity index (χ1v) is 10.3. The average molecular weight is 398 g/mol. The molecule has 4 aromatic rings. The van der Waals surface area contributed by atoms with Gasteiger partial charge in [0.05, 0.1) is 19.3 Å². The van der Waals surface area contributed by atoms with Gasteiger partial charge in [-0.2, -0.15) is 5.10 Å². The molecule has 3 aromatic carbocycles. The molecule has 0 radical (unpaired) electrons. The summed E-state index contributed by atoms with van der Waals surface area (Å²) in [5.74, 6) is 0. The van der Waals surface area contributed by atoms with Crippen molar-refractivity contribution in [3.63, 3.8) is 0 Å². The van der Waals surface area contributed by atoms with Crippen molar-refractivity contribution in [1.82, 2.24) is 14.7 Å². The summed E-state index contributed by atoms with van der Waals surface area (Å²) in [6.45, 7) is 3.24. The maximum Gasteiger partial charge on any atom is 0.0685 e. The van der Waals surface area contributed by atoms with Crippen LogP contribution < -0.4 is 0 Å². The lowest BCUT2D eigenvalue weighted by Crippen LogP contribution is -2.23. The van der Waals surface area contributed by atoms with E-state index in [0.29, 0.717) is 0 Å². The van der Waals surface area contributed by atoms with E-state index >= 15 is 0 Å². The van der Waals surface area contributed by atoms with Gasteiger partial charge in [0.15, 0.2) is 0 Å². The number of nitrogens with zero attached hydrogens (tertiary/aromatic N) is 3. The average Bonchev–Trinajstić information content (AvgIpc) is 3.22. The van der Waals surface area contributed by atoms with E-state index in [1.807, 2.05) is 41.2 Å². The van der Waals surface area contributed by atoms with Crippen LogP contribution in [-0.4, -0.2) is 19.8 Å². The number of rotatable bonds is 9. The standard InChI is InChI=1S/C26H27N3O/c30-21-26-14-8-7-13-25(26)20-28(16-22-9-3-1-4-10-22)17-24-15-27-29(19-24)18-23-11-5-2-6-12-23/h1-15,19,30H,16-18,20-21H2. The second-order valence-electron chi connectivity index (χ2n) is 7.59. The zero-order chi connectivity index (χ0) is 20.6. The van der Waals surface area contributed by atoms with E-state index < -0.39 is 0 Å². The smallest absolute Gasteiger partial charge is 0.0685 e. The summed E-state index contributed by atoms with van der Waals surface area (Å²) < 4.78 is 1.99. The molecule has 0 amide bonds. The first-order chi connectivity index (χ1) is 14.8. The zero-order valence-electron chi connectivity index (χ0n) is 17.1. The van der Waals surface area contributed by atoms with E-state index in [1.54, 1.807) is 0 Å². The number of benzene rings is 3. The fraction of sp³-hybridized carbons (Fsp3) is 0.192. The Hall–Kier alpha value is -3.21. The molecule has 0 spiro atoms. The van der Waals surface area contributed by atoms with Crippen LogP contribution in [0.5, 0.6) is 0 Å². The minimum Gasteiger partial charge on any atom is -0.392 e. The third-order valence-corrected chi connectivity index (χ3v) is 5.21. The lowest BCUT2D eigenvalue weighted by Gasteiger charge is -2.23. The minimum absolute atomic E-state index is 0.0599. The van der Waals surface area contributed by atoms with Crippen molar-refractivity contribution in [2.75, 3.05) is 0 Å². The highest BCUT2D eigenvalue weighted by molar-refractivity contribution is 5.27. The van der Waals surface area contributed by atoms with E-state index in [1.165, 1.54) is 16.7 Å². The van der Waals surface area contributed by atoms with Gasteiger partial charge < -0.3 is 5.11 Å². The first-order valence-electron chi connectivity index (χ1n) is 10.3. The third-order valence-electron chi connectivity index (χ3n) is 5.21. The Labute approximate surface area is 178 Å². The summed E-state index contributed by atoms with van der Waals surface area (Å²) in [6.07, 6.45) is 4.09. The van der Waals surface area contributed by atoms with Crippen LogP contribution in [0.2, 0.25) is 0 Å². The van der Waals surface area contributed by atoms with Crippen molar-refractivity contribution in [3.05, 3.63) is 125 Å². The molecule has 0 atom stereocenters. The molecule has 4 rings (SSSR count). The molecule has 0 aliphatic rings. The van der Waals surface area contributed by atoms with Gasteiger partial charge in [0, 0.05) is 31.4 Å². The summed E-state index contributed by atoms with van der Waals surface area (Å²) in [6, 6.07) is 29.0. The molecule has 0 unspecified atom stereocenters. The molecule has 0 saturated heterocycles. The zero-order valence-corrected chi connectivity index (χ0v) is 17.1. The molecule has 0 fully saturated rings. The maximum atomic E-state index is 9.72. The Balaban J connectivity index is 1.51. The minimum atomic E-state index is 0.0599. The summed E-state index contributed by atoms with van der Waals surface area (Å²) >= 11 is 0. The van der Waals surface area contributed by atoms with Crippen LogP contribution in [-0.2, 0) is 32.8 Å². The van der Waals surface area contributed by atoms with E-state index in [2.05, 4.69) is 70.8 Å². The second-order valence-corrected chi connectivity index (χ2v) is 7.59. The molecule has 1 heterocycles. The van der Waals surface area contributed by atoms with Crippen molar-refractivity contribution >= 4 is 0 Å². The monoisotopic (exact) mass is 397 g/mol. The highest BCUT2D eigenvalue weighted by Crippen LogP contribution is 2.17. The summed E-state index contributed by atoms with van der Waals surface area (Å²) in [5, 5.41) is 14.3. The fourth-order valence-corrected chi connectivity index (χ4v) is 3.72. The normalized spacial score (nSPS) is 11.1. The molecule has 0 bridgehead atoms. The van der Waals surface area contributed by atoms with Crippen LogP contribution in [0.15, 0.2) is 97.3 Å². The highest BCUT2D eigenvalue weighted by atomic mass is 16.3. The van der Waals surface area contributed by atoms with Crippen LogP contribution in [0.4, 0.5) is 0 Å². The van der Waals surface area contributed by atoms with Crippen molar-refractivity contribution in [1.29, 1.82) is 0 Å². The van der Waals surface area contributed by atoms with Gasteiger partial charge in [-0.3, -0.25) is 9.58 Å². The molecule has 1 N–H and O–H groups in total. The molecule has 1 aromatic heterocycles. The van der Waals surface area contributed by atoms with Gasteiger partial charge in [0.1, 0.15) is 0 Å². The number of hydrogen-bond acceptors (Lipinski definition) is 3. The molecule has 4 nitrogen and oxygen atoms in total. The Morgan fingerprint density at radius 1 is 0.667 bits per heavy atom. The molecular formula is C26H27N3O. The van der Waals surface area contributed by atoms with Crippen LogP contribution in [0.25, 0.3) is 0 Å². The van der Waals surface area contributed by atoms with Crippen LogP contribution in [0.1, 0.15) is 27.8 Å². The lowest BCUT2D eigenvalue weighted by atomic mass is 10.1. The van der Waals surface area contributed by atoms with Crippen LogP contribution >= 0.6 is 0 Å². The summed E-state index contributed by atoms with van der Waals surface area (Å²) in [5.41, 5.74) is 5.84. The predicted octanol–water partition coefficient (Wildman–Crippen LogP) is 4.63. The summed E-state index contributed by atoms with van der Waals surface area (Å²) in [4.78, 5) is 2.40. The van der Waals surface area contributed by atoms with Crippen molar-refractivity contribution < 1.29 is 5.11 Å². The Kier molecular flexibility index (Phi) is 6.70. The van der Waals surface area contributed by atoms with Gasteiger partial charge in [0.2, 0.25) is 0 Å². The van der Waals surface area contributed by atoms with E-state index in [9.17, 15) is 5.11 Å². The summed E-state index contributed by atoms with van der Waals surface area (Å²) in [7, 11) is 0. The lowest BCUT2D eigenvalue weighted by molar-refractivity contribution is 0.240. The quantitative estimate of drug-likeness (QED) is 0.448. The number of aliphatic hydroxyl groups is 1. The number of hydrogen-bond donors (Lipinski definition) is 1. The van der Waals surface area contributed by atoms with Crippen molar-refractivity contribution in [2.24, 2.45) is 0 Å². The van der Waals surface area contributed by atoms with Gasteiger partial charge in [-0.15, -0.1) is 0 Å². The van der Waals surface area contributed by atoms with Crippen molar-refractivity contribution in [2.45, 2.75) is 32.8 Å². The molecular weight excluding hydrogens is 370 g/mol. The maximum absolute atomic E-state index is 9.72. The SMILES string of the molecule is OCc1ccccc1CN(Cc1ccccc1)Cc1cnn(Cc2ccccc2)c1. The first kappa shape index (κ1) is 20.1. The topological polar surface area (TPSA) is 41.3 Å².